The van der Waals surface area contributed by atoms with Crippen LogP contribution in [0.3, 0.4) is 0 Å². The second-order valence-electron chi connectivity index (χ2n) is 9.88. The molecule has 2 N–H and O–H groups in total. The van der Waals surface area contributed by atoms with Crippen LogP contribution >= 0.6 is 0 Å². The largest absolute Gasteiger partial charge is 0.507 e. The maximum absolute atomic E-state index is 10.8. The fraction of sp³-hybridized carbons (Fsp3) is 0.727. The standard InChI is InChI=1S/C22H37NO/c1-9-16(11-15-10-14(15)2)23-17-12-18(21(3,4)5)20(24)19(13-17)22(6,7)8/h12-16,23-24H,9-11H2,1-8H3. The van der Waals surface area contributed by atoms with Crippen LogP contribution < -0.4 is 5.32 Å². The monoisotopic (exact) mass is 331 g/mol. The topological polar surface area (TPSA) is 32.3 Å². The number of phenolic OH excluding ortho intramolecular Hbond substituents is 1. The first kappa shape index (κ1) is 19.1. The van der Waals surface area contributed by atoms with Crippen LogP contribution in [-0.4, -0.2) is 11.1 Å². The zero-order chi connectivity index (χ0) is 18.3. The maximum Gasteiger partial charge on any atom is 0.123 e. The molecule has 2 nitrogen and oxygen atoms in total. The van der Waals surface area contributed by atoms with Gasteiger partial charge >= 0.3 is 0 Å². The molecular weight excluding hydrogens is 294 g/mol. The van der Waals surface area contributed by atoms with Crippen molar-refractivity contribution in [2.45, 2.75) is 91.5 Å². The van der Waals surface area contributed by atoms with E-state index in [0.717, 1.165) is 35.1 Å². The van der Waals surface area contributed by atoms with Crippen LogP contribution in [0.2, 0.25) is 0 Å². The Labute approximate surface area is 149 Å². The summed E-state index contributed by atoms with van der Waals surface area (Å²) in [5, 5.41) is 14.6. The van der Waals surface area contributed by atoms with Gasteiger partial charge in [0.25, 0.3) is 0 Å². The van der Waals surface area contributed by atoms with Crippen molar-refractivity contribution in [2.24, 2.45) is 11.8 Å². The van der Waals surface area contributed by atoms with Crippen molar-refractivity contribution < 1.29 is 5.11 Å². The number of aromatic hydroxyl groups is 1. The van der Waals surface area contributed by atoms with Gasteiger partial charge in [0.05, 0.1) is 0 Å². The van der Waals surface area contributed by atoms with E-state index < -0.39 is 0 Å². The lowest BCUT2D eigenvalue weighted by atomic mass is 9.79. The zero-order valence-electron chi connectivity index (χ0n) is 17.0. The molecule has 1 saturated carbocycles. The number of rotatable bonds is 5. The Bertz CT molecular complexity index is 542. The number of anilines is 1. The minimum absolute atomic E-state index is 0.0749. The lowest BCUT2D eigenvalue weighted by Gasteiger charge is -2.29. The van der Waals surface area contributed by atoms with Gasteiger partial charge in [-0.05, 0) is 54.1 Å². The molecule has 1 aromatic carbocycles. The molecule has 2 rings (SSSR count). The van der Waals surface area contributed by atoms with Gasteiger partial charge in [-0.15, -0.1) is 0 Å². The van der Waals surface area contributed by atoms with E-state index in [0.29, 0.717) is 11.8 Å². The Hall–Kier alpha value is -1.18. The van der Waals surface area contributed by atoms with Gasteiger partial charge in [-0.25, -0.2) is 0 Å². The highest BCUT2D eigenvalue weighted by Crippen LogP contribution is 2.43. The number of benzene rings is 1. The van der Waals surface area contributed by atoms with Crippen molar-refractivity contribution >= 4 is 5.69 Å². The molecule has 1 aliphatic carbocycles. The second kappa shape index (κ2) is 6.61. The summed E-state index contributed by atoms with van der Waals surface area (Å²) < 4.78 is 0. The van der Waals surface area contributed by atoms with E-state index >= 15 is 0 Å². The van der Waals surface area contributed by atoms with Gasteiger partial charge in [-0.2, -0.15) is 0 Å². The van der Waals surface area contributed by atoms with Crippen LogP contribution in [0.5, 0.6) is 5.75 Å². The lowest BCUT2D eigenvalue weighted by Crippen LogP contribution is -2.22. The van der Waals surface area contributed by atoms with Crippen LogP contribution in [0, 0.1) is 11.8 Å². The molecule has 0 saturated heterocycles. The fourth-order valence-electron chi connectivity index (χ4n) is 3.52. The first-order valence-electron chi connectivity index (χ1n) is 9.58. The Morgan fingerprint density at radius 3 is 1.88 bits per heavy atom. The molecule has 1 fully saturated rings. The molecule has 1 aromatic rings. The molecule has 24 heavy (non-hydrogen) atoms. The van der Waals surface area contributed by atoms with Crippen molar-refractivity contribution in [3.63, 3.8) is 0 Å². The zero-order valence-corrected chi connectivity index (χ0v) is 17.0. The predicted octanol–water partition coefficient (Wildman–Crippen LogP) is 6.22. The summed E-state index contributed by atoms with van der Waals surface area (Å²) in [5.41, 5.74) is 3.07. The van der Waals surface area contributed by atoms with E-state index in [-0.39, 0.29) is 10.8 Å². The molecule has 3 unspecified atom stereocenters. The van der Waals surface area contributed by atoms with Crippen molar-refractivity contribution in [3.05, 3.63) is 23.3 Å². The lowest BCUT2D eigenvalue weighted by molar-refractivity contribution is 0.423. The highest BCUT2D eigenvalue weighted by atomic mass is 16.3. The molecule has 0 amide bonds. The summed E-state index contributed by atoms with van der Waals surface area (Å²) in [7, 11) is 0. The average Bonchev–Trinajstić information content (AvgIpc) is 3.12. The number of hydrogen-bond acceptors (Lipinski definition) is 2. The fourth-order valence-corrected chi connectivity index (χ4v) is 3.52. The smallest absolute Gasteiger partial charge is 0.123 e. The number of phenols is 1. The Balaban J connectivity index is 2.34. The molecule has 0 heterocycles. The van der Waals surface area contributed by atoms with E-state index in [1.165, 1.54) is 12.8 Å². The Morgan fingerprint density at radius 1 is 1.08 bits per heavy atom. The molecule has 0 spiro atoms. The molecule has 0 radical (unpaired) electrons. The van der Waals surface area contributed by atoms with E-state index in [1.807, 2.05) is 0 Å². The van der Waals surface area contributed by atoms with Gasteiger partial charge < -0.3 is 10.4 Å². The minimum Gasteiger partial charge on any atom is -0.507 e. The van der Waals surface area contributed by atoms with E-state index in [2.05, 4.69) is 72.8 Å². The van der Waals surface area contributed by atoms with Gasteiger partial charge in [-0.3, -0.25) is 0 Å². The number of hydrogen-bond donors (Lipinski definition) is 2. The van der Waals surface area contributed by atoms with Crippen molar-refractivity contribution in [1.29, 1.82) is 0 Å². The van der Waals surface area contributed by atoms with Crippen LogP contribution in [0.1, 0.15) is 85.8 Å². The molecule has 136 valence electrons. The van der Waals surface area contributed by atoms with Crippen LogP contribution in [0.4, 0.5) is 5.69 Å². The Morgan fingerprint density at radius 2 is 1.54 bits per heavy atom. The van der Waals surface area contributed by atoms with E-state index in [4.69, 9.17) is 0 Å². The molecule has 0 bridgehead atoms. The first-order chi connectivity index (χ1) is 10.9. The van der Waals surface area contributed by atoms with Crippen LogP contribution in [0.15, 0.2) is 12.1 Å². The number of nitrogens with one attached hydrogen (secondary N) is 1. The Kier molecular flexibility index (Phi) is 5.28. The summed E-state index contributed by atoms with van der Waals surface area (Å²) in [6.07, 6.45) is 3.78. The summed E-state index contributed by atoms with van der Waals surface area (Å²) in [6, 6.07) is 4.83. The maximum atomic E-state index is 10.8. The summed E-state index contributed by atoms with van der Waals surface area (Å²) in [6.45, 7) is 17.6. The molecule has 3 atom stereocenters. The van der Waals surface area contributed by atoms with E-state index in [1.54, 1.807) is 0 Å². The average molecular weight is 332 g/mol. The van der Waals surface area contributed by atoms with E-state index in [9.17, 15) is 5.11 Å². The first-order valence-corrected chi connectivity index (χ1v) is 9.58. The summed E-state index contributed by atoms with van der Waals surface area (Å²) >= 11 is 0. The highest BCUT2D eigenvalue weighted by Gasteiger charge is 2.34. The van der Waals surface area contributed by atoms with Gasteiger partial charge in [0, 0.05) is 22.9 Å². The minimum atomic E-state index is -0.0749. The molecule has 2 heteroatoms. The highest BCUT2D eigenvalue weighted by molar-refractivity contribution is 5.59. The van der Waals surface area contributed by atoms with Gasteiger partial charge in [0.1, 0.15) is 5.75 Å². The summed E-state index contributed by atoms with van der Waals surface area (Å²) in [4.78, 5) is 0. The van der Waals surface area contributed by atoms with Crippen molar-refractivity contribution in [1.82, 2.24) is 0 Å². The normalized spacial score (nSPS) is 22.3. The second-order valence-corrected chi connectivity index (χ2v) is 9.88. The molecule has 1 aliphatic rings. The quantitative estimate of drug-likeness (QED) is 0.627. The molecular formula is C22H37NO. The van der Waals surface area contributed by atoms with Crippen LogP contribution in [-0.2, 0) is 10.8 Å². The van der Waals surface area contributed by atoms with Gasteiger partial charge in [0.2, 0.25) is 0 Å². The third-order valence-electron chi connectivity index (χ3n) is 5.45. The summed E-state index contributed by atoms with van der Waals surface area (Å²) in [5.74, 6) is 2.25. The van der Waals surface area contributed by atoms with Crippen molar-refractivity contribution in [3.8, 4) is 5.75 Å². The van der Waals surface area contributed by atoms with Gasteiger partial charge in [-0.1, -0.05) is 55.4 Å². The van der Waals surface area contributed by atoms with Crippen molar-refractivity contribution in [2.75, 3.05) is 5.32 Å². The third-order valence-corrected chi connectivity index (χ3v) is 5.45. The molecule has 0 aromatic heterocycles. The predicted molar refractivity (Wildman–Crippen MR) is 105 cm³/mol. The molecule has 0 aliphatic heterocycles. The van der Waals surface area contributed by atoms with Crippen LogP contribution in [0.25, 0.3) is 0 Å². The van der Waals surface area contributed by atoms with Gasteiger partial charge in [0.15, 0.2) is 0 Å². The third kappa shape index (κ3) is 4.46. The SMILES string of the molecule is CCC(CC1CC1C)Nc1cc(C(C)(C)C)c(O)c(C(C)(C)C)c1.